The lowest BCUT2D eigenvalue weighted by Crippen LogP contribution is -2.47. The molecule has 0 saturated carbocycles. The average molecular weight is 325 g/mol. The van der Waals surface area contributed by atoms with E-state index in [0.29, 0.717) is 12.1 Å². The van der Waals surface area contributed by atoms with Gasteiger partial charge in [0.2, 0.25) is 0 Å². The zero-order valence-electron chi connectivity index (χ0n) is 15.4. The molecule has 0 spiro atoms. The van der Waals surface area contributed by atoms with E-state index in [1.165, 1.54) is 38.8 Å². The van der Waals surface area contributed by atoms with Gasteiger partial charge in [0.15, 0.2) is 0 Å². The molecule has 0 aromatic rings. The smallest absolute Gasteiger partial charge is 0.410 e. The quantitative estimate of drug-likeness (QED) is 0.848. The lowest BCUT2D eigenvalue weighted by Gasteiger charge is -2.30. The van der Waals surface area contributed by atoms with Crippen LogP contribution in [0, 0.1) is 0 Å². The minimum absolute atomic E-state index is 0.160. The van der Waals surface area contributed by atoms with Crippen molar-refractivity contribution in [3.63, 3.8) is 0 Å². The zero-order chi connectivity index (χ0) is 16.9. The fraction of sp³-hybridized carbons (Fsp3) is 0.944. The number of rotatable bonds is 2. The highest BCUT2D eigenvalue weighted by molar-refractivity contribution is 5.68. The maximum Gasteiger partial charge on any atom is 0.410 e. The van der Waals surface area contributed by atoms with Gasteiger partial charge in [-0.25, -0.2) is 4.79 Å². The molecule has 0 aliphatic carbocycles. The highest BCUT2D eigenvalue weighted by atomic mass is 16.6. The van der Waals surface area contributed by atoms with Gasteiger partial charge in [-0.2, -0.15) is 0 Å². The summed E-state index contributed by atoms with van der Waals surface area (Å²) in [5.41, 5.74) is -0.418. The maximum atomic E-state index is 12.4. The van der Waals surface area contributed by atoms with Crippen LogP contribution >= 0.6 is 0 Å². The Hall–Kier alpha value is -0.810. The summed E-state index contributed by atoms with van der Waals surface area (Å²) in [6.45, 7) is 9.76. The van der Waals surface area contributed by atoms with Crippen molar-refractivity contribution in [2.45, 2.75) is 77.0 Å². The van der Waals surface area contributed by atoms with Crippen LogP contribution in [0.1, 0.15) is 59.3 Å². The summed E-state index contributed by atoms with van der Waals surface area (Å²) < 4.78 is 5.56. The summed E-state index contributed by atoms with van der Waals surface area (Å²) in [5.74, 6) is 0. The summed E-state index contributed by atoms with van der Waals surface area (Å²) in [6, 6.07) is 0.988. The number of ether oxygens (including phenoxy) is 1. The molecule has 2 unspecified atom stereocenters. The Morgan fingerprint density at radius 3 is 2.48 bits per heavy atom. The van der Waals surface area contributed by atoms with Crippen LogP contribution in [0.4, 0.5) is 4.79 Å². The van der Waals surface area contributed by atoms with E-state index >= 15 is 0 Å². The van der Waals surface area contributed by atoms with E-state index in [2.05, 4.69) is 17.3 Å². The molecule has 1 N–H and O–H groups in total. The van der Waals surface area contributed by atoms with Gasteiger partial charge < -0.3 is 19.9 Å². The van der Waals surface area contributed by atoms with Crippen molar-refractivity contribution in [3.05, 3.63) is 0 Å². The highest BCUT2D eigenvalue weighted by Gasteiger charge is 2.27. The van der Waals surface area contributed by atoms with E-state index in [0.717, 1.165) is 25.9 Å². The lowest BCUT2D eigenvalue weighted by molar-refractivity contribution is 0.0241. The number of carbonyl (C=O) groups is 1. The Kier molecular flexibility index (Phi) is 6.72. The first-order valence-corrected chi connectivity index (χ1v) is 9.26. The highest BCUT2D eigenvalue weighted by Crippen LogP contribution is 2.17. The number of hydrogen-bond donors (Lipinski definition) is 1. The van der Waals surface area contributed by atoms with Crippen molar-refractivity contribution < 1.29 is 9.53 Å². The number of carbonyl (C=O) groups excluding carboxylic acids is 1. The van der Waals surface area contributed by atoms with E-state index < -0.39 is 5.60 Å². The average Bonchev–Trinajstić information content (AvgIpc) is 2.78. The largest absolute Gasteiger partial charge is 0.444 e. The van der Waals surface area contributed by atoms with Crippen molar-refractivity contribution >= 4 is 6.09 Å². The van der Waals surface area contributed by atoms with Crippen molar-refractivity contribution in [1.29, 1.82) is 0 Å². The molecule has 2 heterocycles. The molecule has 23 heavy (non-hydrogen) atoms. The fourth-order valence-corrected chi connectivity index (χ4v) is 3.51. The molecule has 0 radical (unpaired) electrons. The number of hydrogen-bond acceptors (Lipinski definition) is 4. The molecule has 5 nitrogen and oxygen atoms in total. The number of likely N-dealkylation sites (tertiary alicyclic amines) is 2. The first-order valence-electron chi connectivity index (χ1n) is 9.26. The van der Waals surface area contributed by atoms with Crippen molar-refractivity contribution in [3.8, 4) is 0 Å². The van der Waals surface area contributed by atoms with Crippen molar-refractivity contribution in [1.82, 2.24) is 15.1 Å². The first kappa shape index (κ1) is 18.5. The van der Waals surface area contributed by atoms with Crippen LogP contribution in [-0.4, -0.2) is 66.8 Å². The maximum absolute atomic E-state index is 12.4. The van der Waals surface area contributed by atoms with Crippen LogP contribution in [0.15, 0.2) is 0 Å². The van der Waals surface area contributed by atoms with Crippen LogP contribution in [0.2, 0.25) is 0 Å². The number of nitrogens with zero attached hydrogens (tertiary/aromatic N) is 2. The molecule has 0 aromatic carbocycles. The van der Waals surface area contributed by atoms with Gasteiger partial charge in [0.1, 0.15) is 5.60 Å². The summed E-state index contributed by atoms with van der Waals surface area (Å²) in [6.07, 6.45) is 6.97. The van der Waals surface area contributed by atoms with Crippen molar-refractivity contribution in [2.24, 2.45) is 0 Å². The monoisotopic (exact) mass is 325 g/mol. The van der Waals surface area contributed by atoms with E-state index in [1.807, 2.05) is 25.7 Å². The standard InChI is InChI=1S/C18H35N3O2/c1-18(2,3)23-17(22)21-12-6-5-8-16(14-21)19-15-9-7-11-20(4)13-10-15/h15-16,19H,5-14H2,1-4H3. The predicted molar refractivity (Wildman–Crippen MR) is 93.7 cm³/mol. The van der Waals surface area contributed by atoms with Gasteiger partial charge in [-0.1, -0.05) is 6.42 Å². The Morgan fingerprint density at radius 2 is 1.74 bits per heavy atom. The Labute approximate surface area is 141 Å². The molecule has 2 fully saturated rings. The minimum atomic E-state index is -0.418. The molecular formula is C18H35N3O2. The number of nitrogens with one attached hydrogen (secondary N) is 1. The minimum Gasteiger partial charge on any atom is -0.444 e. The van der Waals surface area contributed by atoms with Crippen molar-refractivity contribution in [2.75, 3.05) is 33.2 Å². The SMILES string of the molecule is CN1CCCC(NC2CCCCN(C(=O)OC(C)(C)C)C2)CC1. The Balaban J connectivity index is 1.87. The molecule has 134 valence electrons. The van der Waals surface area contributed by atoms with Gasteiger partial charge in [-0.3, -0.25) is 0 Å². The van der Waals surface area contributed by atoms with E-state index in [4.69, 9.17) is 4.74 Å². The summed E-state index contributed by atoms with van der Waals surface area (Å²) in [5, 5.41) is 3.83. The summed E-state index contributed by atoms with van der Waals surface area (Å²) in [7, 11) is 2.21. The van der Waals surface area contributed by atoms with E-state index in [9.17, 15) is 4.79 Å². The van der Waals surface area contributed by atoms with Gasteiger partial charge in [0.25, 0.3) is 0 Å². The fourth-order valence-electron chi connectivity index (χ4n) is 3.51. The molecule has 2 saturated heterocycles. The molecule has 2 atom stereocenters. The molecule has 0 aromatic heterocycles. The van der Waals surface area contributed by atoms with Gasteiger partial charge in [0.05, 0.1) is 0 Å². The second-order valence-corrected chi connectivity index (χ2v) is 8.22. The van der Waals surface area contributed by atoms with Gasteiger partial charge in [0, 0.05) is 25.2 Å². The second-order valence-electron chi connectivity index (χ2n) is 8.22. The van der Waals surface area contributed by atoms with Crippen LogP contribution in [0.25, 0.3) is 0 Å². The van der Waals surface area contributed by atoms with E-state index in [1.54, 1.807) is 0 Å². The van der Waals surface area contributed by atoms with Crippen LogP contribution in [0.5, 0.6) is 0 Å². The third-order valence-electron chi connectivity index (χ3n) is 4.75. The third-order valence-corrected chi connectivity index (χ3v) is 4.75. The predicted octanol–water partition coefficient (Wildman–Crippen LogP) is 2.85. The summed E-state index contributed by atoms with van der Waals surface area (Å²) in [4.78, 5) is 16.7. The molecule has 2 aliphatic rings. The molecule has 1 amide bonds. The van der Waals surface area contributed by atoms with Crippen LogP contribution in [0.3, 0.4) is 0 Å². The van der Waals surface area contributed by atoms with Crippen LogP contribution in [-0.2, 0) is 4.74 Å². The van der Waals surface area contributed by atoms with Gasteiger partial charge in [-0.15, -0.1) is 0 Å². The molecule has 2 aliphatic heterocycles. The normalized spacial score (nSPS) is 28.1. The first-order chi connectivity index (χ1) is 10.8. The van der Waals surface area contributed by atoms with Crippen LogP contribution < -0.4 is 5.32 Å². The molecule has 5 heteroatoms. The zero-order valence-corrected chi connectivity index (χ0v) is 15.4. The molecule has 2 rings (SSSR count). The molecular weight excluding hydrogens is 290 g/mol. The lowest BCUT2D eigenvalue weighted by atomic mass is 10.1. The second kappa shape index (κ2) is 8.34. The molecule has 0 bridgehead atoms. The summed E-state index contributed by atoms with van der Waals surface area (Å²) >= 11 is 0. The number of amides is 1. The van der Waals surface area contributed by atoms with Gasteiger partial charge >= 0.3 is 6.09 Å². The van der Waals surface area contributed by atoms with Gasteiger partial charge in [-0.05, 0) is 73.0 Å². The topological polar surface area (TPSA) is 44.8 Å². The Morgan fingerprint density at radius 1 is 1.00 bits per heavy atom. The Bertz CT molecular complexity index is 381. The third kappa shape index (κ3) is 6.68. The van der Waals surface area contributed by atoms with E-state index in [-0.39, 0.29) is 6.09 Å².